The van der Waals surface area contributed by atoms with E-state index in [0.29, 0.717) is 18.4 Å². The lowest BCUT2D eigenvalue weighted by Crippen LogP contribution is -2.40. The first-order valence-electron chi connectivity index (χ1n) is 8.43. The first-order chi connectivity index (χ1) is 9.92. The number of amides is 1. The molecule has 2 aliphatic rings. The average molecular weight is 295 g/mol. The van der Waals surface area contributed by atoms with Crippen molar-refractivity contribution in [2.75, 3.05) is 6.54 Å². The van der Waals surface area contributed by atoms with Crippen LogP contribution in [0.25, 0.3) is 0 Å². The van der Waals surface area contributed by atoms with Crippen molar-refractivity contribution in [3.63, 3.8) is 0 Å². The van der Waals surface area contributed by atoms with Gasteiger partial charge in [-0.25, -0.2) is 0 Å². The number of carbonyl (C=O) groups excluding carboxylic acids is 1. The van der Waals surface area contributed by atoms with E-state index in [9.17, 15) is 14.7 Å². The minimum Gasteiger partial charge on any atom is -0.481 e. The summed E-state index contributed by atoms with van der Waals surface area (Å²) in [6.07, 6.45) is 7.91. The molecule has 0 aromatic carbocycles. The predicted molar refractivity (Wildman–Crippen MR) is 82.0 cm³/mol. The number of aliphatic carboxylic acids is 1. The van der Waals surface area contributed by atoms with Gasteiger partial charge < -0.3 is 10.0 Å². The van der Waals surface area contributed by atoms with Gasteiger partial charge in [-0.05, 0) is 37.0 Å². The zero-order valence-corrected chi connectivity index (χ0v) is 13.4. The summed E-state index contributed by atoms with van der Waals surface area (Å²) in [5.74, 6) is -0.0998. The van der Waals surface area contributed by atoms with Gasteiger partial charge in [-0.2, -0.15) is 0 Å². The molecule has 0 radical (unpaired) electrons. The number of carboxylic acid groups (broad SMARTS) is 1. The van der Waals surface area contributed by atoms with Crippen LogP contribution in [0.5, 0.6) is 0 Å². The van der Waals surface area contributed by atoms with Gasteiger partial charge in [0.1, 0.15) is 0 Å². The highest BCUT2D eigenvalue weighted by Crippen LogP contribution is 2.43. The van der Waals surface area contributed by atoms with Crippen molar-refractivity contribution < 1.29 is 14.7 Å². The fourth-order valence-corrected chi connectivity index (χ4v) is 3.70. The Bertz CT molecular complexity index is 381. The molecular formula is C17H29NO3. The topological polar surface area (TPSA) is 57.6 Å². The number of nitrogens with zero attached hydrogens (tertiary/aromatic N) is 1. The van der Waals surface area contributed by atoms with E-state index in [1.165, 1.54) is 6.42 Å². The molecule has 0 atom stereocenters. The van der Waals surface area contributed by atoms with E-state index in [2.05, 4.69) is 13.8 Å². The quantitative estimate of drug-likeness (QED) is 0.782. The molecule has 4 nitrogen and oxygen atoms in total. The molecule has 1 N–H and O–H groups in total. The number of hydrogen-bond acceptors (Lipinski definition) is 2. The average Bonchev–Trinajstić information content (AvgIpc) is 3.19. The van der Waals surface area contributed by atoms with Gasteiger partial charge in [-0.1, -0.05) is 33.1 Å². The van der Waals surface area contributed by atoms with Crippen LogP contribution in [0.1, 0.15) is 71.6 Å². The lowest BCUT2D eigenvalue weighted by molar-refractivity contribution is -0.143. The minimum absolute atomic E-state index is 0.152. The number of rotatable bonds is 7. The SMILES string of the molecule is CC(C)CN(C(=O)CC1(CC(=O)O)CCCCC1)C1CC1. The summed E-state index contributed by atoms with van der Waals surface area (Å²) in [7, 11) is 0. The monoisotopic (exact) mass is 295 g/mol. The van der Waals surface area contributed by atoms with Gasteiger partial charge in [0, 0.05) is 19.0 Å². The molecule has 0 saturated heterocycles. The van der Waals surface area contributed by atoms with E-state index in [1.807, 2.05) is 4.90 Å². The molecular weight excluding hydrogens is 266 g/mol. The summed E-state index contributed by atoms with van der Waals surface area (Å²) in [5, 5.41) is 9.22. The van der Waals surface area contributed by atoms with E-state index >= 15 is 0 Å². The van der Waals surface area contributed by atoms with Gasteiger partial charge in [0.25, 0.3) is 0 Å². The van der Waals surface area contributed by atoms with Gasteiger partial charge in [-0.15, -0.1) is 0 Å². The molecule has 0 spiro atoms. The van der Waals surface area contributed by atoms with Crippen molar-refractivity contribution in [2.45, 2.75) is 77.7 Å². The van der Waals surface area contributed by atoms with Gasteiger partial charge in [0.15, 0.2) is 0 Å². The van der Waals surface area contributed by atoms with Crippen LogP contribution in [0.4, 0.5) is 0 Å². The predicted octanol–water partition coefficient (Wildman–Crippen LogP) is 3.45. The van der Waals surface area contributed by atoms with Crippen molar-refractivity contribution >= 4 is 11.9 Å². The van der Waals surface area contributed by atoms with Crippen molar-refractivity contribution in [2.24, 2.45) is 11.3 Å². The van der Waals surface area contributed by atoms with E-state index < -0.39 is 5.97 Å². The van der Waals surface area contributed by atoms with Crippen LogP contribution in [0.15, 0.2) is 0 Å². The van der Waals surface area contributed by atoms with Crippen LogP contribution >= 0.6 is 0 Å². The summed E-state index contributed by atoms with van der Waals surface area (Å²) in [5.41, 5.74) is -0.286. The summed E-state index contributed by atoms with van der Waals surface area (Å²) >= 11 is 0. The maximum Gasteiger partial charge on any atom is 0.303 e. The Labute approximate surface area is 127 Å². The normalized spacial score (nSPS) is 21.3. The third-order valence-corrected chi connectivity index (χ3v) is 4.84. The second-order valence-electron chi connectivity index (χ2n) is 7.48. The number of carbonyl (C=O) groups is 2. The summed E-state index contributed by atoms with van der Waals surface area (Å²) in [4.78, 5) is 26.0. The Morgan fingerprint density at radius 2 is 1.76 bits per heavy atom. The molecule has 21 heavy (non-hydrogen) atoms. The third kappa shape index (κ3) is 4.72. The first-order valence-corrected chi connectivity index (χ1v) is 8.43. The van der Waals surface area contributed by atoms with Crippen molar-refractivity contribution in [3.05, 3.63) is 0 Å². The Balaban J connectivity index is 2.03. The molecule has 0 unspecified atom stereocenters. The second kappa shape index (κ2) is 6.80. The largest absolute Gasteiger partial charge is 0.481 e. The number of carboxylic acids is 1. The van der Waals surface area contributed by atoms with Crippen molar-refractivity contribution in [1.82, 2.24) is 4.90 Å². The molecule has 0 aromatic rings. The summed E-state index contributed by atoms with van der Waals surface area (Å²) in [6, 6.07) is 0.422. The third-order valence-electron chi connectivity index (χ3n) is 4.84. The standard InChI is InChI=1S/C17H29NO3/c1-13(2)12-18(14-6-7-14)15(19)10-17(11-16(20)21)8-4-3-5-9-17/h13-14H,3-12H2,1-2H3,(H,20,21). The lowest BCUT2D eigenvalue weighted by atomic mass is 9.69. The van der Waals surface area contributed by atoms with Gasteiger partial charge in [0.2, 0.25) is 5.91 Å². The minimum atomic E-state index is -0.758. The Morgan fingerprint density at radius 1 is 1.14 bits per heavy atom. The molecule has 1 amide bonds. The van der Waals surface area contributed by atoms with Gasteiger partial charge in [-0.3, -0.25) is 9.59 Å². The maximum absolute atomic E-state index is 12.7. The highest BCUT2D eigenvalue weighted by molar-refractivity contribution is 5.79. The Hall–Kier alpha value is -1.06. The highest BCUT2D eigenvalue weighted by atomic mass is 16.4. The number of hydrogen-bond donors (Lipinski definition) is 1. The molecule has 0 aliphatic heterocycles. The fraction of sp³-hybridized carbons (Fsp3) is 0.882. The van der Waals surface area contributed by atoms with Crippen LogP contribution in [0.3, 0.4) is 0 Å². The zero-order valence-electron chi connectivity index (χ0n) is 13.4. The Morgan fingerprint density at radius 3 is 2.24 bits per heavy atom. The summed E-state index contributed by atoms with van der Waals surface area (Å²) in [6.45, 7) is 5.08. The first kappa shape index (κ1) is 16.3. The molecule has 120 valence electrons. The van der Waals surface area contributed by atoms with E-state index in [0.717, 1.165) is 45.1 Å². The molecule has 2 rings (SSSR count). The maximum atomic E-state index is 12.7. The lowest BCUT2D eigenvalue weighted by Gasteiger charge is -2.37. The smallest absolute Gasteiger partial charge is 0.303 e. The van der Waals surface area contributed by atoms with E-state index in [4.69, 9.17) is 0 Å². The molecule has 0 aromatic heterocycles. The van der Waals surface area contributed by atoms with Gasteiger partial charge >= 0.3 is 5.97 Å². The van der Waals surface area contributed by atoms with Crippen LogP contribution < -0.4 is 0 Å². The molecule has 2 saturated carbocycles. The van der Waals surface area contributed by atoms with Crippen LogP contribution in [0, 0.1) is 11.3 Å². The Kier molecular flexibility index (Phi) is 5.28. The van der Waals surface area contributed by atoms with E-state index in [1.54, 1.807) is 0 Å². The van der Waals surface area contributed by atoms with Crippen molar-refractivity contribution in [3.8, 4) is 0 Å². The molecule has 2 fully saturated rings. The van der Waals surface area contributed by atoms with Gasteiger partial charge in [0.05, 0.1) is 6.42 Å². The molecule has 2 aliphatic carbocycles. The molecule has 0 heterocycles. The van der Waals surface area contributed by atoms with Crippen molar-refractivity contribution in [1.29, 1.82) is 0 Å². The van der Waals surface area contributed by atoms with Crippen LogP contribution in [-0.4, -0.2) is 34.5 Å². The zero-order chi connectivity index (χ0) is 15.5. The summed E-state index contributed by atoms with van der Waals surface area (Å²) < 4.78 is 0. The highest BCUT2D eigenvalue weighted by Gasteiger charge is 2.40. The van der Waals surface area contributed by atoms with E-state index in [-0.39, 0.29) is 17.7 Å². The molecule has 0 bridgehead atoms. The van der Waals surface area contributed by atoms with Crippen LogP contribution in [0.2, 0.25) is 0 Å². The molecule has 4 heteroatoms. The fourth-order valence-electron chi connectivity index (χ4n) is 3.70. The second-order valence-corrected chi connectivity index (χ2v) is 7.48. The van der Waals surface area contributed by atoms with Crippen LogP contribution in [-0.2, 0) is 9.59 Å².